The maximum atomic E-state index is 14.1. The van der Waals surface area contributed by atoms with Gasteiger partial charge in [0, 0.05) is 26.1 Å². The largest absolute Gasteiger partial charge is 0.313 e. The normalized spacial score (nSPS) is 12.4. The second-order valence-corrected chi connectivity index (χ2v) is 6.14. The molecule has 1 nitrogen and oxygen atoms in total. The molecule has 0 radical (unpaired) electrons. The number of hydrogen-bond acceptors (Lipinski definition) is 1. The van der Waals surface area contributed by atoms with Crippen molar-refractivity contribution in [2.45, 2.75) is 12.5 Å². The van der Waals surface area contributed by atoms with Gasteiger partial charge in [-0.05, 0) is 43.3 Å². The van der Waals surface area contributed by atoms with Crippen LogP contribution in [0, 0.1) is 5.82 Å². The van der Waals surface area contributed by atoms with E-state index >= 15 is 0 Å². The van der Waals surface area contributed by atoms with E-state index in [1.807, 2.05) is 6.07 Å². The van der Waals surface area contributed by atoms with Crippen LogP contribution in [-0.4, -0.2) is 7.05 Å². The topological polar surface area (TPSA) is 12.0 Å². The van der Waals surface area contributed by atoms with Gasteiger partial charge in [-0.25, -0.2) is 4.39 Å². The summed E-state index contributed by atoms with van der Waals surface area (Å²) in [5, 5.41) is 4.29. The molecular weight excluding hydrogens is 364 g/mol. The zero-order chi connectivity index (χ0) is 14.7. The summed E-state index contributed by atoms with van der Waals surface area (Å²) in [5.41, 5.74) is 1.41. The molecule has 0 aliphatic heterocycles. The Hall–Kier alpha value is -0.610. The Balaban J connectivity index is 2.34. The summed E-state index contributed by atoms with van der Waals surface area (Å²) >= 11 is 15.6. The van der Waals surface area contributed by atoms with Crippen LogP contribution in [0.4, 0.5) is 4.39 Å². The Morgan fingerprint density at radius 1 is 1.20 bits per heavy atom. The number of benzene rings is 2. The number of likely N-dealkylation sites (N-methyl/N-ethyl adjacent to an activating group) is 1. The third-order valence-electron chi connectivity index (χ3n) is 3.16. The molecule has 2 rings (SSSR count). The Morgan fingerprint density at radius 2 is 1.85 bits per heavy atom. The highest BCUT2D eigenvalue weighted by Crippen LogP contribution is 2.30. The van der Waals surface area contributed by atoms with Crippen molar-refractivity contribution in [3.8, 4) is 0 Å². The molecule has 2 aromatic carbocycles. The predicted molar refractivity (Wildman–Crippen MR) is 86.1 cm³/mol. The first-order chi connectivity index (χ1) is 9.52. The van der Waals surface area contributed by atoms with Crippen molar-refractivity contribution in [1.29, 1.82) is 0 Å². The fourth-order valence-corrected chi connectivity index (χ4v) is 2.97. The van der Waals surface area contributed by atoms with Crippen molar-refractivity contribution in [2.75, 3.05) is 7.05 Å². The lowest BCUT2D eigenvalue weighted by atomic mass is 9.98. The molecule has 5 heteroatoms. The summed E-state index contributed by atoms with van der Waals surface area (Å²) in [6.07, 6.45) is 0.521. The highest BCUT2D eigenvalue weighted by molar-refractivity contribution is 9.10. The highest BCUT2D eigenvalue weighted by Gasteiger charge is 2.17. The van der Waals surface area contributed by atoms with Crippen LogP contribution in [0.15, 0.2) is 40.9 Å². The van der Waals surface area contributed by atoms with Gasteiger partial charge in [0.05, 0.1) is 0 Å². The lowest BCUT2D eigenvalue weighted by Crippen LogP contribution is -2.20. The standard InChI is InChI=1S/C15H13BrCl2FN/c1-20-15(10-6-5-9(16)7-14(10)19)8-11-12(17)3-2-4-13(11)18/h2-7,15,20H,8H2,1H3. The number of nitrogens with one attached hydrogen (secondary N) is 1. The van der Waals surface area contributed by atoms with E-state index in [0.717, 1.165) is 5.56 Å². The van der Waals surface area contributed by atoms with Gasteiger partial charge < -0.3 is 5.32 Å². The van der Waals surface area contributed by atoms with Gasteiger partial charge in [-0.2, -0.15) is 0 Å². The van der Waals surface area contributed by atoms with Crippen LogP contribution in [0.2, 0.25) is 10.0 Å². The molecule has 0 spiro atoms. The Labute approximate surface area is 136 Å². The zero-order valence-electron chi connectivity index (χ0n) is 10.8. The molecule has 1 N–H and O–H groups in total. The van der Waals surface area contributed by atoms with Gasteiger partial charge in [-0.15, -0.1) is 0 Å². The monoisotopic (exact) mass is 375 g/mol. The van der Waals surface area contributed by atoms with Crippen molar-refractivity contribution in [1.82, 2.24) is 5.32 Å². The van der Waals surface area contributed by atoms with E-state index in [1.54, 1.807) is 31.3 Å². The van der Waals surface area contributed by atoms with Crippen molar-refractivity contribution in [3.63, 3.8) is 0 Å². The number of hydrogen-bond donors (Lipinski definition) is 1. The molecule has 0 heterocycles. The molecule has 0 aromatic heterocycles. The van der Waals surface area contributed by atoms with E-state index in [1.165, 1.54) is 6.07 Å². The summed E-state index contributed by atoms with van der Waals surface area (Å²) in [5.74, 6) is -0.262. The van der Waals surface area contributed by atoms with E-state index in [9.17, 15) is 4.39 Å². The average Bonchev–Trinajstić information content (AvgIpc) is 2.40. The van der Waals surface area contributed by atoms with Gasteiger partial charge in [0.2, 0.25) is 0 Å². The van der Waals surface area contributed by atoms with Gasteiger partial charge in [-0.3, -0.25) is 0 Å². The van der Waals surface area contributed by atoms with E-state index < -0.39 is 0 Å². The summed E-state index contributed by atoms with van der Waals surface area (Å²) in [6, 6.07) is 10.2. The molecule has 0 aliphatic rings. The summed E-state index contributed by atoms with van der Waals surface area (Å²) < 4.78 is 14.8. The van der Waals surface area contributed by atoms with E-state index in [0.29, 0.717) is 26.5 Å². The summed E-state index contributed by atoms with van der Waals surface area (Å²) in [6.45, 7) is 0. The maximum absolute atomic E-state index is 14.1. The SMILES string of the molecule is CNC(Cc1c(Cl)cccc1Cl)c1ccc(Br)cc1F. The highest BCUT2D eigenvalue weighted by atomic mass is 79.9. The van der Waals surface area contributed by atoms with Crippen LogP contribution in [0.3, 0.4) is 0 Å². The molecule has 0 saturated carbocycles. The quantitative estimate of drug-likeness (QED) is 0.753. The lowest BCUT2D eigenvalue weighted by Gasteiger charge is -2.19. The Morgan fingerprint density at radius 3 is 2.40 bits per heavy atom. The fraction of sp³-hybridized carbons (Fsp3) is 0.200. The molecule has 0 aliphatic carbocycles. The molecule has 0 fully saturated rings. The van der Waals surface area contributed by atoms with E-state index in [-0.39, 0.29) is 11.9 Å². The first kappa shape index (κ1) is 15.8. The minimum Gasteiger partial charge on any atom is -0.313 e. The minimum absolute atomic E-state index is 0.194. The third-order valence-corrected chi connectivity index (χ3v) is 4.36. The Bertz CT molecular complexity index is 599. The number of halogens is 4. The molecule has 1 unspecified atom stereocenters. The molecule has 0 saturated heterocycles. The van der Waals surface area contributed by atoms with Crippen LogP contribution in [0.5, 0.6) is 0 Å². The molecule has 1 atom stereocenters. The average molecular weight is 377 g/mol. The zero-order valence-corrected chi connectivity index (χ0v) is 13.9. The summed E-state index contributed by atoms with van der Waals surface area (Å²) in [4.78, 5) is 0. The molecular formula is C15H13BrCl2FN. The van der Waals surface area contributed by atoms with E-state index in [4.69, 9.17) is 23.2 Å². The van der Waals surface area contributed by atoms with Gasteiger partial charge in [0.25, 0.3) is 0 Å². The fourth-order valence-electron chi connectivity index (χ4n) is 2.08. The predicted octanol–water partition coefficient (Wildman–Crippen LogP) is 5.40. The van der Waals surface area contributed by atoms with Crippen LogP contribution >= 0.6 is 39.1 Å². The van der Waals surface area contributed by atoms with Crippen molar-refractivity contribution < 1.29 is 4.39 Å². The molecule has 2 aromatic rings. The van der Waals surface area contributed by atoms with Gasteiger partial charge in [0.15, 0.2) is 0 Å². The van der Waals surface area contributed by atoms with Gasteiger partial charge in [-0.1, -0.05) is 51.3 Å². The first-order valence-corrected chi connectivity index (χ1v) is 7.63. The lowest BCUT2D eigenvalue weighted by molar-refractivity contribution is 0.533. The second-order valence-electron chi connectivity index (χ2n) is 4.41. The van der Waals surface area contributed by atoms with Crippen LogP contribution in [0.25, 0.3) is 0 Å². The molecule has 106 valence electrons. The first-order valence-electron chi connectivity index (χ1n) is 6.08. The van der Waals surface area contributed by atoms with Crippen LogP contribution < -0.4 is 5.32 Å². The molecule has 0 bridgehead atoms. The minimum atomic E-state index is -0.262. The van der Waals surface area contributed by atoms with Crippen molar-refractivity contribution in [3.05, 3.63) is 67.9 Å². The smallest absolute Gasteiger partial charge is 0.129 e. The molecule has 0 amide bonds. The maximum Gasteiger partial charge on any atom is 0.129 e. The van der Waals surface area contributed by atoms with E-state index in [2.05, 4.69) is 21.2 Å². The Kier molecular flexibility index (Phi) is 5.44. The third kappa shape index (κ3) is 3.53. The van der Waals surface area contributed by atoms with Crippen LogP contribution in [0.1, 0.15) is 17.2 Å². The number of rotatable bonds is 4. The van der Waals surface area contributed by atoms with Crippen molar-refractivity contribution >= 4 is 39.1 Å². The van der Waals surface area contributed by atoms with Crippen LogP contribution in [-0.2, 0) is 6.42 Å². The van der Waals surface area contributed by atoms with Gasteiger partial charge >= 0.3 is 0 Å². The molecule has 20 heavy (non-hydrogen) atoms. The summed E-state index contributed by atoms with van der Waals surface area (Å²) in [7, 11) is 1.79. The second kappa shape index (κ2) is 6.90. The van der Waals surface area contributed by atoms with Gasteiger partial charge in [0.1, 0.15) is 5.82 Å². The van der Waals surface area contributed by atoms with Crippen molar-refractivity contribution in [2.24, 2.45) is 0 Å².